The maximum atomic E-state index is 5.63. The van der Waals surface area contributed by atoms with Crippen LogP contribution >= 0.6 is 0 Å². The molecule has 0 fully saturated rings. The predicted molar refractivity (Wildman–Crippen MR) is 83.9 cm³/mol. The molecule has 3 heteroatoms. The summed E-state index contributed by atoms with van der Waals surface area (Å²) in [6, 6.07) is 16.3. The lowest BCUT2D eigenvalue weighted by Crippen LogP contribution is -2.21. The summed E-state index contributed by atoms with van der Waals surface area (Å²) in [7, 11) is 0. The number of para-hydroxylation sites is 1. The molecule has 0 aromatic heterocycles. The second-order valence-electron chi connectivity index (χ2n) is 4.78. The highest BCUT2D eigenvalue weighted by Crippen LogP contribution is 2.17. The quantitative estimate of drug-likeness (QED) is 0.749. The van der Waals surface area contributed by atoms with Crippen LogP contribution in [0.15, 0.2) is 48.5 Å². The Balaban J connectivity index is 1.86. The molecule has 0 saturated heterocycles. The third-order valence-electron chi connectivity index (χ3n) is 3.07. The van der Waals surface area contributed by atoms with Crippen molar-refractivity contribution in [2.24, 2.45) is 0 Å². The largest absolute Gasteiger partial charge is 0.494 e. The van der Waals surface area contributed by atoms with E-state index in [2.05, 4.69) is 36.8 Å². The highest BCUT2D eigenvalue weighted by Gasteiger charge is 2.01. The molecule has 0 aliphatic rings. The van der Waals surface area contributed by atoms with Crippen LogP contribution in [0.5, 0.6) is 5.75 Å². The molecule has 0 amide bonds. The monoisotopic (exact) mass is 270 g/mol. The molecule has 0 radical (unpaired) electrons. The second-order valence-corrected chi connectivity index (χ2v) is 4.78. The first-order valence-electron chi connectivity index (χ1n) is 7.06. The Labute approximate surface area is 120 Å². The van der Waals surface area contributed by atoms with Crippen LogP contribution < -0.4 is 15.6 Å². The smallest absolute Gasteiger partial charge is 0.119 e. The van der Waals surface area contributed by atoms with Gasteiger partial charge >= 0.3 is 0 Å². The third-order valence-corrected chi connectivity index (χ3v) is 3.07. The summed E-state index contributed by atoms with van der Waals surface area (Å²) in [5, 5.41) is 0. The highest BCUT2D eigenvalue weighted by molar-refractivity contribution is 5.41. The minimum Gasteiger partial charge on any atom is -0.494 e. The van der Waals surface area contributed by atoms with Crippen molar-refractivity contribution in [2.45, 2.75) is 26.8 Å². The molecule has 106 valence electrons. The molecule has 2 aromatic rings. The topological polar surface area (TPSA) is 33.3 Å². The van der Waals surface area contributed by atoms with Gasteiger partial charge in [0, 0.05) is 12.2 Å². The van der Waals surface area contributed by atoms with E-state index >= 15 is 0 Å². The van der Waals surface area contributed by atoms with E-state index in [9.17, 15) is 0 Å². The molecule has 0 aliphatic heterocycles. The van der Waals surface area contributed by atoms with Crippen molar-refractivity contribution in [1.29, 1.82) is 0 Å². The van der Waals surface area contributed by atoms with Gasteiger partial charge < -0.3 is 10.2 Å². The summed E-state index contributed by atoms with van der Waals surface area (Å²) in [6.07, 6.45) is 1.03. The van der Waals surface area contributed by atoms with Gasteiger partial charge in [-0.25, -0.2) is 5.43 Å². The van der Waals surface area contributed by atoms with Crippen LogP contribution in [-0.2, 0) is 6.54 Å². The lowest BCUT2D eigenvalue weighted by atomic mass is 10.1. The molecule has 0 aliphatic carbocycles. The van der Waals surface area contributed by atoms with Crippen LogP contribution in [0, 0.1) is 6.92 Å². The molecule has 0 heterocycles. The fourth-order valence-electron chi connectivity index (χ4n) is 1.94. The average molecular weight is 270 g/mol. The number of nitrogens with one attached hydrogen (secondary N) is 2. The molecule has 2 aromatic carbocycles. The van der Waals surface area contributed by atoms with Crippen LogP contribution in [0.4, 0.5) is 5.69 Å². The Morgan fingerprint density at radius 2 is 1.85 bits per heavy atom. The van der Waals surface area contributed by atoms with E-state index in [0.717, 1.165) is 31.0 Å². The molecular weight excluding hydrogens is 248 g/mol. The zero-order valence-corrected chi connectivity index (χ0v) is 12.1. The van der Waals surface area contributed by atoms with Crippen molar-refractivity contribution in [1.82, 2.24) is 5.43 Å². The standard InChI is InChI=1S/C17H22N2O/c1-3-11-20-17-10-9-15(14(2)12-17)13-18-19-16-7-5-4-6-8-16/h4-10,12,18-19H,3,11,13H2,1-2H3. The molecule has 0 saturated carbocycles. The number of hydrazine groups is 1. The van der Waals surface area contributed by atoms with Crippen LogP contribution in [-0.4, -0.2) is 6.61 Å². The summed E-state index contributed by atoms with van der Waals surface area (Å²) in [5.41, 5.74) is 9.98. The Bertz CT molecular complexity index is 526. The average Bonchev–Trinajstić information content (AvgIpc) is 2.48. The first-order chi connectivity index (χ1) is 9.79. The molecule has 0 atom stereocenters. The number of aryl methyl sites for hydroxylation is 1. The minimum atomic E-state index is 0.770. The molecule has 0 spiro atoms. The second kappa shape index (κ2) is 7.56. The lowest BCUT2D eigenvalue weighted by molar-refractivity contribution is 0.317. The van der Waals surface area contributed by atoms with Crippen LogP contribution in [0.3, 0.4) is 0 Å². The number of hydrogen-bond donors (Lipinski definition) is 2. The minimum absolute atomic E-state index is 0.770. The molecule has 20 heavy (non-hydrogen) atoms. The fourth-order valence-corrected chi connectivity index (χ4v) is 1.94. The van der Waals surface area contributed by atoms with Gasteiger partial charge in [-0.1, -0.05) is 31.2 Å². The van der Waals surface area contributed by atoms with Gasteiger partial charge in [0.05, 0.1) is 6.61 Å². The Hall–Kier alpha value is -2.00. The van der Waals surface area contributed by atoms with E-state index in [-0.39, 0.29) is 0 Å². The fraction of sp³-hybridized carbons (Fsp3) is 0.294. The van der Waals surface area contributed by atoms with Gasteiger partial charge in [0.25, 0.3) is 0 Å². The maximum Gasteiger partial charge on any atom is 0.119 e. The number of hydrogen-bond acceptors (Lipinski definition) is 3. The van der Waals surface area contributed by atoms with Crippen molar-refractivity contribution in [3.8, 4) is 5.75 Å². The van der Waals surface area contributed by atoms with Crippen molar-refractivity contribution in [3.05, 3.63) is 59.7 Å². The number of ether oxygens (including phenoxy) is 1. The van der Waals surface area contributed by atoms with Gasteiger partial charge in [-0.3, -0.25) is 0 Å². The van der Waals surface area contributed by atoms with E-state index in [1.807, 2.05) is 36.4 Å². The summed E-state index contributed by atoms with van der Waals surface area (Å²) < 4.78 is 5.63. The summed E-state index contributed by atoms with van der Waals surface area (Å²) in [4.78, 5) is 0. The lowest BCUT2D eigenvalue weighted by Gasteiger charge is -2.12. The molecule has 0 bridgehead atoms. The van der Waals surface area contributed by atoms with Crippen molar-refractivity contribution < 1.29 is 4.74 Å². The van der Waals surface area contributed by atoms with Crippen molar-refractivity contribution >= 4 is 5.69 Å². The SMILES string of the molecule is CCCOc1ccc(CNNc2ccccc2)c(C)c1. The first kappa shape index (κ1) is 14.4. The van der Waals surface area contributed by atoms with Gasteiger partial charge in [0.1, 0.15) is 5.75 Å². The Morgan fingerprint density at radius 3 is 2.55 bits per heavy atom. The van der Waals surface area contributed by atoms with Gasteiger partial charge in [0.2, 0.25) is 0 Å². The normalized spacial score (nSPS) is 10.3. The Kier molecular flexibility index (Phi) is 5.44. The number of rotatable bonds is 7. The zero-order chi connectivity index (χ0) is 14.2. The highest BCUT2D eigenvalue weighted by atomic mass is 16.5. The van der Waals surface area contributed by atoms with Gasteiger partial charge in [-0.15, -0.1) is 0 Å². The molecular formula is C17H22N2O. The summed E-state index contributed by atoms with van der Waals surface area (Å²) in [6.45, 7) is 5.76. The molecule has 3 nitrogen and oxygen atoms in total. The van der Waals surface area contributed by atoms with Crippen LogP contribution in [0.25, 0.3) is 0 Å². The summed E-state index contributed by atoms with van der Waals surface area (Å²) >= 11 is 0. The van der Waals surface area contributed by atoms with Crippen molar-refractivity contribution in [3.63, 3.8) is 0 Å². The molecule has 2 rings (SSSR count). The first-order valence-corrected chi connectivity index (χ1v) is 7.06. The predicted octanol–water partition coefficient (Wildman–Crippen LogP) is 3.90. The van der Waals surface area contributed by atoms with E-state index in [1.165, 1.54) is 11.1 Å². The third kappa shape index (κ3) is 4.28. The van der Waals surface area contributed by atoms with Gasteiger partial charge in [-0.2, -0.15) is 0 Å². The van der Waals surface area contributed by atoms with Gasteiger partial charge in [0.15, 0.2) is 0 Å². The number of benzene rings is 2. The molecule has 0 unspecified atom stereocenters. The van der Waals surface area contributed by atoms with E-state index in [4.69, 9.17) is 4.74 Å². The number of anilines is 1. The van der Waals surface area contributed by atoms with E-state index in [1.54, 1.807) is 0 Å². The van der Waals surface area contributed by atoms with Crippen LogP contribution in [0.1, 0.15) is 24.5 Å². The van der Waals surface area contributed by atoms with E-state index in [0.29, 0.717) is 0 Å². The van der Waals surface area contributed by atoms with Crippen LogP contribution in [0.2, 0.25) is 0 Å². The van der Waals surface area contributed by atoms with E-state index < -0.39 is 0 Å². The van der Waals surface area contributed by atoms with Crippen molar-refractivity contribution in [2.75, 3.05) is 12.0 Å². The zero-order valence-electron chi connectivity index (χ0n) is 12.1. The summed E-state index contributed by atoms with van der Waals surface area (Å²) in [5.74, 6) is 0.948. The Morgan fingerprint density at radius 1 is 1.05 bits per heavy atom. The molecule has 2 N–H and O–H groups in total. The maximum absolute atomic E-state index is 5.63. The van der Waals surface area contributed by atoms with Gasteiger partial charge in [-0.05, 0) is 48.7 Å².